The van der Waals surface area contributed by atoms with Gasteiger partial charge in [0, 0.05) is 12.3 Å². The molecule has 0 fully saturated rings. The fourth-order valence-corrected chi connectivity index (χ4v) is 0.835. The molecule has 0 aliphatic rings. The Bertz CT molecular complexity index is 316. The fraction of sp³-hybridized carbons (Fsp3) is 0.500. The summed E-state index contributed by atoms with van der Waals surface area (Å²) < 4.78 is 40.5. The molecule has 1 heterocycles. The number of hydrogen-bond acceptors (Lipinski definition) is 4. The van der Waals surface area contributed by atoms with Crippen molar-refractivity contribution in [3.63, 3.8) is 0 Å². The monoisotopic (exact) mass is 221 g/mol. The molecule has 0 spiro atoms. The van der Waals surface area contributed by atoms with Crippen molar-refractivity contribution in [3.05, 3.63) is 12.3 Å². The molecule has 0 bridgehead atoms. The molecular weight excluding hydrogens is 211 g/mol. The number of rotatable bonds is 4. The predicted molar refractivity (Wildman–Crippen MR) is 47.7 cm³/mol. The van der Waals surface area contributed by atoms with Gasteiger partial charge < -0.3 is 10.1 Å². The summed E-state index contributed by atoms with van der Waals surface area (Å²) in [5.41, 5.74) is 0. The summed E-state index contributed by atoms with van der Waals surface area (Å²) in [5.74, 6) is 0.149. The van der Waals surface area contributed by atoms with Crippen molar-refractivity contribution in [2.45, 2.75) is 13.1 Å². The van der Waals surface area contributed by atoms with E-state index in [0.29, 0.717) is 6.61 Å². The highest BCUT2D eigenvalue weighted by Crippen LogP contribution is 2.15. The van der Waals surface area contributed by atoms with E-state index in [2.05, 4.69) is 15.3 Å². The van der Waals surface area contributed by atoms with Gasteiger partial charge in [0.25, 0.3) is 0 Å². The molecule has 15 heavy (non-hydrogen) atoms. The SMILES string of the molecule is CCOc1ccnc(NCC(F)(F)F)n1. The predicted octanol–water partition coefficient (Wildman–Crippen LogP) is 1.85. The molecule has 1 aromatic rings. The first kappa shape index (κ1) is 11.5. The second-order valence-electron chi connectivity index (χ2n) is 2.62. The molecule has 0 aliphatic carbocycles. The van der Waals surface area contributed by atoms with Crippen LogP contribution in [0.1, 0.15) is 6.92 Å². The summed E-state index contributed by atoms with van der Waals surface area (Å²) in [7, 11) is 0. The summed E-state index contributed by atoms with van der Waals surface area (Å²) in [5, 5.41) is 2.06. The van der Waals surface area contributed by atoms with Crippen molar-refractivity contribution in [2.24, 2.45) is 0 Å². The third kappa shape index (κ3) is 4.48. The zero-order chi connectivity index (χ0) is 11.3. The Morgan fingerprint density at radius 1 is 1.47 bits per heavy atom. The molecule has 0 unspecified atom stereocenters. The average molecular weight is 221 g/mol. The third-order valence-corrected chi connectivity index (χ3v) is 1.37. The van der Waals surface area contributed by atoms with E-state index in [-0.39, 0.29) is 11.8 Å². The first-order valence-corrected chi connectivity index (χ1v) is 4.27. The van der Waals surface area contributed by atoms with Crippen molar-refractivity contribution in [1.29, 1.82) is 0 Å². The van der Waals surface area contributed by atoms with Gasteiger partial charge in [-0.25, -0.2) is 4.98 Å². The largest absolute Gasteiger partial charge is 0.478 e. The van der Waals surface area contributed by atoms with Gasteiger partial charge in [-0.3, -0.25) is 0 Å². The van der Waals surface area contributed by atoms with E-state index in [4.69, 9.17) is 4.74 Å². The van der Waals surface area contributed by atoms with Crippen LogP contribution in [-0.2, 0) is 0 Å². The minimum absolute atomic E-state index is 0.0988. The highest BCUT2D eigenvalue weighted by molar-refractivity contribution is 5.27. The highest BCUT2D eigenvalue weighted by atomic mass is 19.4. The van der Waals surface area contributed by atoms with Crippen molar-refractivity contribution in [1.82, 2.24) is 9.97 Å². The quantitative estimate of drug-likeness (QED) is 0.842. The van der Waals surface area contributed by atoms with Gasteiger partial charge in [-0.1, -0.05) is 0 Å². The number of anilines is 1. The molecule has 0 aliphatic heterocycles. The minimum Gasteiger partial charge on any atom is -0.478 e. The van der Waals surface area contributed by atoms with Crippen molar-refractivity contribution >= 4 is 5.95 Å². The molecule has 0 aromatic carbocycles. The topological polar surface area (TPSA) is 47.0 Å². The number of halogens is 3. The van der Waals surface area contributed by atoms with Crippen LogP contribution >= 0.6 is 0 Å². The lowest BCUT2D eigenvalue weighted by molar-refractivity contribution is -0.115. The van der Waals surface area contributed by atoms with Gasteiger partial charge in [0.2, 0.25) is 11.8 Å². The van der Waals surface area contributed by atoms with Crippen LogP contribution in [-0.4, -0.2) is 29.3 Å². The van der Waals surface area contributed by atoms with Gasteiger partial charge in [-0.15, -0.1) is 0 Å². The van der Waals surface area contributed by atoms with Crippen molar-refractivity contribution < 1.29 is 17.9 Å². The average Bonchev–Trinajstić information content (AvgIpc) is 2.15. The Kier molecular flexibility index (Phi) is 3.70. The Morgan fingerprint density at radius 3 is 2.80 bits per heavy atom. The molecule has 0 amide bonds. The fourth-order valence-electron chi connectivity index (χ4n) is 0.835. The van der Waals surface area contributed by atoms with Gasteiger partial charge in [0.15, 0.2) is 0 Å². The van der Waals surface area contributed by atoms with Crippen LogP contribution in [0.25, 0.3) is 0 Å². The van der Waals surface area contributed by atoms with Crippen LogP contribution < -0.4 is 10.1 Å². The zero-order valence-corrected chi connectivity index (χ0v) is 8.01. The highest BCUT2D eigenvalue weighted by Gasteiger charge is 2.27. The van der Waals surface area contributed by atoms with Crippen LogP contribution in [0.5, 0.6) is 5.88 Å². The Balaban J connectivity index is 2.57. The maximum atomic E-state index is 11.8. The van der Waals surface area contributed by atoms with E-state index in [9.17, 15) is 13.2 Å². The molecule has 84 valence electrons. The molecule has 7 heteroatoms. The lowest BCUT2D eigenvalue weighted by atomic mass is 10.6. The molecule has 0 radical (unpaired) electrons. The van der Waals surface area contributed by atoms with Gasteiger partial charge in [-0.2, -0.15) is 18.2 Å². The maximum absolute atomic E-state index is 11.8. The van der Waals surface area contributed by atoms with Crippen LogP contribution in [0, 0.1) is 0 Å². The van der Waals surface area contributed by atoms with E-state index < -0.39 is 12.7 Å². The van der Waals surface area contributed by atoms with Crippen LogP contribution in [0.15, 0.2) is 12.3 Å². The van der Waals surface area contributed by atoms with E-state index in [0.717, 1.165) is 0 Å². The molecule has 0 saturated carbocycles. The van der Waals surface area contributed by atoms with Gasteiger partial charge in [0.1, 0.15) is 6.54 Å². The summed E-state index contributed by atoms with van der Waals surface area (Å²) in [4.78, 5) is 7.34. The molecule has 1 aromatic heterocycles. The van der Waals surface area contributed by atoms with Gasteiger partial charge in [0.05, 0.1) is 6.61 Å². The number of alkyl halides is 3. The third-order valence-electron chi connectivity index (χ3n) is 1.37. The Morgan fingerprint density at radius 2 is 2.20 bits per heavy atom. The smallest absolute Gasteiger partial charge is 0.405 e. The number of ether oxygens (including phenoxy) is 1. The Labute approximate surface area is 84.5 Å². The van der Waals surface area contributed by atoms with Crippen molar-refractivity contribution in [3.8, 4) is 5.88 Å². The number of nitrogens with zero attached hydrogens (tertiary/aromatic N) is 2. The van der Waals surface area contributed by atoms with Crippen LogP contribution in [0.3, 0.4) is 0 Å². The first-order chi connectivity index (χ1) is 7.01. The van der Waals surface area contributed by atoms with E-state index >= 15 is 0 Å². The summed E-state index contributed by atoms with van der Waals surface area (Å²) in [6.07, 6.45) is -2.96. The Hall–Kier alpha value is -1.53. The molecule has 0 saturated heterocycles. The minimum atomic E-state index is -4.29. The second kappa shape index (κ2) is 4.81. The second-order valence-corrected chi connectivity index (χ2v) is 2.62. The van der Waals surface area contributed by atoms with E-state index in [1.54, 1.807) is 6.92 Å². The normalized spacial score (nSPS) is 11.2. The number of nitrogens with one attached hydrogen (secondary N) is 1. The lowest BCUT2D eigenvalue weighted by Gasteiger charge is -2.08. The van der Waals surface area contributed by atoms with Crippen molar-refractivity contribution in [2.75, 3.05) is 18.5 Å². The van der Waals surface area contributed by atoms with Gasteiger partial charge >= 0.3 is 6.18 Å². The lowest BCUT2D eigenvalue weighted by Crippen LogP contribution is -2.22. The van der Waals surface area contributed by atoms with E-state index in [1.807, 2.05) is 0 Å². The number of hydrogen-bond donors (Lipinski definition) is 1. The maximum Gasteiger partial charge on any atom is 0.405 e. The standard InChI is InChI=1S/C8H10F3N3O/c1-2-15-6-3-4-12-7(14-6)13-5-8(9,10)11/h3-4H,2,5H2,1H3,(H,12,13,14). The zero-order valence-electron chi connectivity index (χ0n) is 8.01. The summed E-state index contributed by atoms with van der Waals surface area (Å²) in [6.45, 7) is 0.989. The molecule has 0 atom stereocenters. The molecular formula is C8H10F3N3O. The number of aromatic nitrogens is 2. The van der Waals surface area contributed by atoms with Crippen LogP contribution in [0.4, 0.5) is 19.1 Å². The van der Waals surface area contributed by atoms with E-state index in [1.165, 1.54) is 12.3 Å². The van der Waals surface area contributed by atoms with Crippen LogP contribution in [0.2, 0.25) is 0 Å². The molecule has 1 N–H and O–H groups in total. The molecule has 1 rings (SSSR count). The summed E-state index contributed by atoms with van der Waals surface area (Å²) in [6, 6.07) is 1.47. The van der Waals surface area contributed by atoms with Gasteiger partial charge in [-0.05, 0) is 6.92 Å². The first-order valence-electron chi connectivity index (χ1n) is 4.27. The molecule has 4 nitrogen and oxygen atoms in total. The summed E-state index contributed by atoms with van der Waals surface area (Å²) >= 11 is 0.